The van der Waals surface area contributed by atoms with Crippen molar-refractivity contribution >= 4 is 56.6 Å². The lowest BCUT2D eigenvalue weighted by Crippen LogP contribution is -2.51. The van der Waals surface area contributed by atoms with E-state index in [2.05, 4.69) is 29.7 Å². The molecule has 4 aliphatic heterocycles. The number of likely N-dealkylation sites (tertiary alicyclic amines) is 2. The number of ketones is 2. The second-order valence-electron chi connectivity index (χ2n) is 23.8. The van der Waals surface area contributed by atoms with E-state index in [0.29, 0.717) is 124 Å². The Labute approximate surface area is 541 Å². The van der Waals surface area contributed by atoms with Crippen LogP contribution in [0.1, 0.15) is 80.3 Å². The van der Waals surface area contributed by atoms with E-state index in [1.165, 1.54) is 44.0 Å². The van der Waals surface area contributed by atoms with E-state index in [4.69, 9.17) is 61.1 Å². The fraction of sp³-hybridized carbons (Fsp3) is 0.408. The van der Waals surface area contributed by atoms with E-state index in [1.807, 2.05) is 32.0 Å². The van der Waals surface area contributed by atoms with Gasteiger partial charge in [0.25, 0.3) is 0 Å². The Hall–Kier alpha value is -7.58. The predicted octanol–water partition coefficient (Wildman–Crippen LogP) is 14.4. The van der Waals surface area contributed by atoms with E-state index in [9.17, 15) is 18.4 Å². The van der Waals surface area contributed by atoms with Crippen LogP contribution in [0.5, 0.6) is 46.3 Å². The molecule has 2 spiro atoms. The van der Waals surface area contributed by atoms with Crippen LogP contribution in [0.15, 0.2) is 110 Å². The van der Waals surface area contributed by atoms with Gasteiger partial charge in [-0.15, -0.1) is 0 Å². The van der Waals surface area contributed by atoms with Crippen LogP contribution in [-0.2, 0) is 44.7 Å². The van der Waals surface area contributed by atoms with Crippen molar-refractivity contribution in [2.75, 3.05) is 93.1 Å². The van der Waals surface area contributed by atoms with Gasteiger partial charge >= 0.3 is 0 Å². The number of piperidine rings is 1. The highest BCUT2D eigenvalue weighted by Gasteiger charge is 2.44. The number of hydrogen-bond donors (Lipinski definition) is 0. The Morgan fingerprint density at radius 3 is 1.37 bits per heavy atom. The average Bonchev–Trinajstić information content (AvgIpc) is 1.77. The molecule has 0 saturated carbocycles. The van der Waals surface area contributed by atoms with Gasteiger partial charge in [0.1, 0.15) is 47.4 Å². The summed E-state index contributed by atoms with van der Waals surface area (Å²) in [5, 5.41) is 2.05. The minimum absolute atomic E-state index is 0. The summed E-state index contributed by atoms with van der Waals surface area (Å²) in [6.07, 6.45) is 8.47. The SMILES string of the molecule is C.C.COc1cc2c(Oc3ccc(CC(=O)Cc4cc(C)ccc4F)c(Cl)c3)ncnc2cc1OCCCN1CCC2(CC1)COC2.COc1cc2c(Oc3ccc(CC(=O)Cc4cc(C)ccc4F)c(Cl)c3)ncnc2cc1OCCCN1CCC2(COC2)C1. The summed E-state index contributed by atoms with van der Waals surface area (Å²) >= 11 is 13.1. The fourth-order valence-electron chi connectivity index (χ4n) is 11.8. The molecular weight excluding hydrogens is 1210 g/mol. The van der Waals surface area contributed by atoms with Crippen LogP contribution in [0.4, 0.5) is 8.78 Å². The van der Waals surface area contributed by atoms with Crippen LogP contribution in [-0.4, -0.2) is 134 Å². The highest BCUT2D eigenvalue weighted by molar-refractivity contribution is 6.32. The monoisotopic (exact) mass is 1280 g/mol. The smallest absolute Gasteiger partial charge is 0.230 e. The number of benzene rings is 6. The van der Waals surface area contributed by atoms with Gasteiger partial charge in [-0.3, -0.25) is 9.59 Å². The van der Waals surface area contributed by atoms with Gasteiger partial charge in [0, 0.05) is 78.3 Å². The molecule has 0 atom stereocenters. The van der Waals surface area contributed by atoms with Gasteiger partial charge in [0.05, 0.1) is 75.7 Å². The second-order valence-corrected chi connectivity index (χ2v) is 24.7. The normalized spacial score (nSPS) is 15.6. The van der Waals surface area contributed by atoms with E-state index >= 15 is 0 Å². The summed E-state index contributed by atoms with van der Waals surface area (Å²) in [4.78, 5) is 47.9. The third-order valence-electron chi connectivity index (χ3n) is 17.0. The zero-order valence-corrected chi connectivity index (χ0v) is 52.0. The van der Waals surface area contributed by atoms with Crippen LogP contribution in [0.3, 0.4) is 0 Å². The fourth-order valence-corrected chi connectivity index (χ4v) is 12.3. The molecule has 0 amide bonds. The number of carbonyl (C=O) groups excluding carboxylic acids is 2. The zero-order valence-electron chi connectivity index (χ0n) is 50.5. The van der Waals surface area contributed by atoms with Crippen molar-refractivity contribution < 1.29 is 56.3 Å². The topological polar surface area (TPSA) is 166 Å². The number of halogens is 4. The number of fused-ring (bicyclic) bond motifs is 2. The van der Waals surface area contributed by atoms with Crippen molar-refractivity contribution in [2.45, 2.75) is 86.5 Å². The third-order valence-corrected chi connectivity index (χ3v) is 17.7. The Bertz CT molecular complexity index is 3860. The molecule has 6 aromatic carbocycles. The summed E-state index contributed by atoms with van der Waals surface area (Å²) in [7, 11) is 3.19. The first kappa shape index (κ1) is 67.8. The van der Waals surface area contributed by atoms with Crippen LogP contribution in [0, 0.1) is 36.3 Å². The van der Waals surface area contributed by atoms with Crippen LogP contribution < -0.4 is 28.4 Å². The molecule has 20 heteroatoms. The first-order chi connectivity index (χ1) is 43.1. The lowest BCUT2D eigenvalue weighted by molar-refractivity contribution is -0.139. The molecule has 2 aromatic heterocycles. The molecule has 0 N–H and O–H groups in total. The van der Waals surface area contributed by atoms with Gasteiger partial charge in [-0.1, -0.05) is 85.6 Å². The number of Topliss-reactive ketones (excluding diaryl/α,β-unsaturated/α-hetero) is 2. The molecule has 0 aliphatic carbocycles. The van der Waals surface area contributed by atoms with Gasteiger partial charge in [-0.25, -0.2) is 28.7 Å². The Morgan fingerprint density at radius 1 is 0.527 bits per heavy atom. The maximum Gasteiger partial charge on any atom is 0.230 e. The van der Waals surface area contributed by atoms with E-state index in [0.717, 1.165) is 89.7 Å². The number of nitrogens with zero attached hydrogens (tertiary/aromatic N) is 6. The largest absolute Gasteiger partial charge is 0.493 e. The van der Waals surface area contributed by atoms with Crippen LogP contribution in [0.25, 0.3) is 21.8 Å². The van der Waals surface area contributed by atoms with E-state index in [1.54, 1.807) is 80.9 Å². The van der Waals surface area contributed by atoms with Gasteiger partial charge in [0.15, 0.2) is 23.0 Å². The van der Waals surface area contributed by atoms with Gasteiger partial charge in [-0.2, -0.15) is 0 Å². The van der Waals surface area contributed by atoms with Crippen LogP contribution in [0.2, 0.25) is 10.0 Å². The summed E-state index contributed by atoms with van der Waals surface area (Å²) in [6, 6.07) is 27.0. The molecular formula is C71H80Cl2F2N6O10. The minimum atomic E-state index is -0.387. The molecule has 0 unspecified atom stereocenters. The average molecular weight is 1290 g/mol. The number of aryl methyl sites for hydroxylation is 2. The standard InChI is InChI=1S/C35H37ClFN3O5.C34H35ClFN3O5.2CH4/c1-23-4-7-30(37)25(14-23)16-26(41)15-24-5-6-27(17-29(24)36)45-34-28-18-32(42-2)33(19-31(28)38-22-39-34)44-13-3-10-40-11-8-35(9-12-40)20-43-21-35;1-22-4-7-29(36)24(12-22)14-25(40)13-23-5-6-26(15-28(23)35)44-33-27-16-31(41-2)32(17-30(27)37-21-38-33)43-11-3-9-39-10-8-34(18-39)19-42-20-34;;/h4-7,14,17-19,22H,3,8-13,15-16,20-21H2,1-2H3;4-7,12,15-17,21H,3,8-11,13-14,18-20H2,1-2H3;2*1H4. The number of carbonyl (C=O) groups is 2. The van der Waals surface area contributed by atoms with Crippen molar-refractivity contribution in [3.63, 3.8) is 0 Å². The third kappa shape index (κ3) is 16.9. The first-order valence-electron chi connectivity index (χ1n) is 30.1. The summed E-state index contributed by atoms with van der Waals surface area (Å²) < 4.78 is 74.8. The molecule has 8 aromatic rings. The molecule has 4 saturated heterocycles. The lowest BCUT2D eigenvalue weighted by Gasteiger charge is -2.47. The lowest BCUT2D eigenvalue weighted by atomic mass is 9.77. The van der Waals surface area contributed by atoms with E-state index < -0.39 is 0 Å². The van der Waals surface area contributed by atoms with Crippen molar-refractivity contribution in [1.29, 1.82) is 0 Å². The Balaban J connectivity index is 0.000000211. The molecule has 6 heterocycles. The Morgan fingerprint density at radius 2 is 0.956 bits per heavy atom. The minimum Gasteiger partial charge on any atom is -0.493 e. The van der Waals surface area contributed by atoms with Crippen LogP contribution >= 0.6 is 23.2 Å². The van der Waals surface area contributed by atoms with Gasteiger partial charge in [0.2, 0.25) is 11.8 Å². The molecule has 12 rings (SSSR count). The van der Waals surface area contributed by atoms with Gasteiger partial charge < -0.3 is 47.7 Å². The van der Waals surface area contributed by atoms with Gasteiger partial charge in [-0.05, 0) is 136 Å². The maximum absolute atomic E-state index is 14.1. The molecule has 91 heavy (non-hydrogen) atoms. The molecule has 482 valence electrons. The highest BCUT2D eigenvalue weighted by atomic mass is 35.5. The van der Waals surface area contributed by atoms with Crippen molar-refractivity contribution in [3.05, 3.63) is 165 Å². The predicted molar refractivity (Wildman–Crippen MR) is 349 cm³/mol. The second kappa shape index (κ2) is 30.7. The summed E-state index contributed by atoms with van der Waals surface area (Å²) in [6.45, 7) is 14.9. The summed E-state index contributed by atoms with van der Waals surface area (Å²) in [5.41, 5.74) is 5.96. The number of rotatable bonds is 24. The summed E-state index contributed by atoms with van der Waals surface area (Å²) in [5.74, 6) is 2.86. The van der Waals surface area contributed by atoms with E-state index in [-0.39, 0.29) is 63.7 Å². The Kier molecular flexibility index (Phi) is 22.9. The number of ether oxygens (including phenoxy) is 8. The molecule has 0 radical (unpaired) electrons. The molecule has 16 nitrogen and oxygen atoms in total. The number of hydrogen-bond acceptors (Lipinski definition) is 16. The van der Waals surface area contributed by atoms with Crippen molar-refractivity contribution in [1.82, 2.24) is 29.7 Å². The maximum atomic E-state index is 14.1. The zero-order chi connectivity index (χ0) is 62.1. The highest BCUT2D eigenvalue weighted by Crippen LogP contribution is 2.42. The number of methoxy groups -OCH3 is 2. The first-order valence-corrected chi connectivity index (χ1v) is 30.8. The molecule has 4 fully saturated rings. The quantitative estimate of drug-likeness (QED) is 0.0524. The number of aromatic nitrogens is 4. The van der Waals surface area contributed by atoms with Crippen molar-refractivity contribution in [2.24, 2.45) is 10.8 Å². The molecule has 0 bridgehead atoms. The van der Waals surface area contributed by atoms with Crippen molar-refractivity contribution in [3.8, 4) is 46.3 Å². The molecule has 4 aliphatic rings.